The van der Waals surface area contributed by atoms with Gasteiger partial charge in [0.15, 0.2) is 5.69 Å². The van der Waals surface area contributed by atoms with Gasteiger partial charge in [0.05, 0.1) is 17.8 Å². The predicted octanol–water partition coefficient (Wildman–Crippen LogP) is 2.16. The number of carbonyl (C=O) groups is 1. The number of nitrogens with zero attached hydrogens (tertiary/aromatic N) is 3. The molecule has 1 aromatic carbocycles. The summed E-state index contributed by atoms with van der Waals surface area (Å²) in [5, 5.41) is 27.1. The molecule has 7 heteroatoms. The van der Waals surface area contributed by atoms with E-state index in [9.17, 15) is 15.0 Å². The summed E-state index contributed by atoms with van der Waals surface area (Å²) in [5.74, 6) is -1.15. The van der Waals surface area contributed by atoms with Crippen molar-refractivity contribution in [3.63, 3.8) is 0 Å². The van der Waals surface area contributed by atoms with Crippen molar-refractivity contribution in [2.45, 2.75) is 32.4 Å². The number of benzene rings is 1. The summed E-state index contributed by atoms with van der Waals surface area (Å²) in [5.41, 5.74) is 1.08. The number of carboxylic acid groups (broad SMARTS) is 1. The molecule has 0 radical (unpaired) electrons. The fourth-order valence-corrected chi connectivity index (χ4v) is 2.20. The Morgan fingerprint density at radius 1 is 1.38 bits per heavy atom. The fourth-order valence-electron chi connectivity index (χ4n) is 2.00. The highest BCUT2D eigenvalue weighted by Crippen LogP contribution is 2.23. The average Bonchev–Trinajstić information content (AvgIpc) is 2.84. The summed E-state index contributed by atoms with van der Waals surface area (Å²) in [6.45, 7) is 3.37. The van der Waals surface area contributed by atoms with Gasteiger partial charge in [-0.25, -0.2) is 9.48 Å². The van der Waals surface area contributed by atoms with Gasteiger partial charge in [-0.05, 0) is 25.5 Å². The van der Waals surface area contributed by atoms with Crippen molar-refractivity contribution in [2.75, 3.05) is 0 Å². The third kappa shape index (κ3) is 3.22. The van der Waals surface area contributed by atoms with Crippen LogP contribution in [0.25, 0.3) is 0 Å². The minimum Gasteiger partial charge on any atom is -0.476 e. The number of hydrogen-bond acceptors (Lipinski definition) is 4. The van der Waals surface area contributed by atoms with Gasteiger partial charge < -0.3 is 10.2 Å². The number of hydrogen-bond donors (Lipinski definition) is 2. The van der Waals surface area contributed by atoms with Crippen molar-refractivity contribution >= 4 is 17.6 Å². The Labute approximate surface area is 127 Å². The van der Waals surface area contributed by atoms with Crippen molar-refractivity contribution in [3.05, 3.63) is 46.2 Å². The Balaban J connectivity index is 2.47. The molecule has 1 heterocycles. The van der Waals surface area contributed by atoms with E-state index in [0.717, 1.165) is 5.56 Å². The first kappa shape index (κ1) is 15.5. The van der Waals surface area contributed by atoms with E-state index >= 15 is 0 Å². The monoisotopic (exact) mass is 309 g/mol. The zero-order valence-corrected chi connectivity index (χ0v) is 12.4. The number of rotatable bonds is 5. The predicted molar refractivity (Wildman–Crippen MR) is 77.6 cm³/mol. The van der Waals surface area contributed by atoms with Crippen molar-refractivity contribution in [1.29, 1.82) is 0 Å². The van der Waals surface area contributed by atoms with Crippen molar-refractivity contribution < 1.29 is 15.0 Å². The van der Waals surface area contributed by atoms with E-state index in [4.69, 9.17) is 11.6 Å². The van der Waals surface area contributed by atoms with Gasteiger partial charge >= 0.3 is 5.97 Å². The first-order valence-corrected chi connectivity index (χ1v) is 6.88. The quantitative estimate of drug-likeness (QED) is 0.883. The Hall–Kier alpha value is -1.92. The van der Waals surface area contributed by atoms with Crippen LogP contribution in [-0.4, -0.2) is 37.3 Å². The molecule has 0 spiro atoms. The van der Waals surface area contributed by atoms with E-state index in [-0.39, 0.29) is 18.2 Å². The van der Waals surface area contributed by atoms with Crippen LogP contribution in [0, 0.1) is 0 Å². The Morgan fingerprint density at radius 3 is 2.62 bits per heavy atom. The highest BCUT2D eigenvalue weighted by atomic mass is 35.5. The van der Waals surface area contributed by atoms with Gasteiger partial charge in [0, 0.05) is 11.4 Å². The zero-order valence-electron chi connectivity index (χ0n) is 11.7. The maximum absolute atomic E-state index is 11.3. The maximum atomic E-state index is 11.3. The molecular weight excluding hydrogens is 294 g/mol. The van der Waals surface area contributed by atoms with Gasteiger partial charge in [-0.15, -0.1) is 5.10 Å². The third-order valence-electron chi connectivity index (χ3n) is 3.39. The van der Waals surface area contributed by atoms with Crippen molar-refractivity contribution in [1.82, 2.24) is 15.0 Å². The number of carboxylic acids is 1. The Bertz CT molecular complexity index is 655. The highest BCUT2D eigenvalue weighted by Gasteiger charge is 2.24. The van der Waals surface area contributed by atoms with E-state index in [1.807, 2.05) is 12.1 Å². The molecule has 0 saturated heterocycles. The number of aliphatic hydroxyl groups excluding tert-OH is 1. The summed E-state index contributed by atoms with van der Waals surface area (Å²) >= 11 is 6.12. The summed E-state index contributed by atoms with van der Waals surface area (Å²) in [6.07, 6.45) is -0.399. The molecule has 2 N–H and O–H groups in total. The minimum absolute atomic E-state index is 0.123. The van der Waals surface area contributed by atoms with Gasteiger partial charge in [0.25, 0.3) is 0 Å². The van der Waals surface area contributed by atoms with E-state index < -0.39 is 12.1 Å². The summed E-state index contributed by atoms with van der Waals surface area (Å²) in [7, 11) is 0. The minimum atomic E-state index is -1.15. The lowest BCUT2D eigenvalue weighted by Crippen LogP contribution is -2.22. The second kappa shape index (κ2) is 6.24. The lowest BCUT2D eigenvalue weighted by molar-refractivity contribution is 0.0688. The molecule has 0 aliphatic carbocycles. The standard InChI is InChI=1S/C14H16ClN3O3/c1-8(9(2)19)18-12(13(14(20)21)16-17-18)7-10-5-3-4-6-11(10)15/h3-6,8-9,19H,7H2,1-2H3,(H,20,21). The zero-order chi connectivity index (χ0) is 15.6. The number of aliphatic hydroxyl groups is 1. The van der Waals surface area contributed by atoms with Crippen LogP contribution in [0.15, 0.2) is 24.3 Å². The molecular formula is C14H16ClN3O3. The molecule has 0 aliphatic heterocycles. The van der Waals surface area contributed by atoms with Crippen LogP contribution in [0.3, 0.4) is 0 Å². The first-order chi connectivity index (χ1) is 9.91. The van der Waals surface area contributed by atoms with Crippen LogP contribution in [0.4, 0.5) is 0 Å². The summed E-state index contributed by atoms with van der Waals surface area (Å²) in [6, 6.07) is 6.80. The van der Waals surface area contributed by atoms with E-state index in [2.05, 4.69) is 10.3 Å². The summed E-state index contributed by atoms with van der Waals surface area (Å²) in [4.78, 5) is 11.3. The smallest absolute Gasteiger partial charge is 0.358 e. The number of aromatic carboxylic acids is 1. The number of halogens is 1. The van der Waals surface area contributed by atoms with Crippen LogP contribution in [0.5, 0.6) is 0 Å². The number of aromatic nitrogens is 3. The summed E-state index contributed by atoms with van der Waals surface area (Å²) < 4.78 is 1.44. The fraction of sp³-hybridized carbons (Fsp3) is 0.357. The Kier molecular flexibility index (Phi) is 4.59. The first-order valence-electron chi connectivity index (χ1n) is 6.50. The molecule has 0 aliphatic rings. The molecule has 2 atom stereocenters. The molecule has 0 bridgehead atoms. The molecule has 6 nitrogen and oxygen atoms in total. The van der Waals surface area contributed by atoms with Gasteiger partial charge in [-0.3, -0.25) is 0 Å². The topological polar surface area (TPSA) is 88.2 Å². The van der Waals surface area contributed by atoms with Crippen LogP contribution < -0.4 is 0 Å². The van der Waals surface area contributed by atoms with Crippen LogP contribution >= 0.6 is 11.6 Å². The molecule has 0 fully saturated rings. The average molecular weight is 310 g/mol. The van der Waals surface area contributed by atoms with Crippen molar-refractivity contribution in [2.24, 2.45) is 0 Å². The van der Waals surface area contributed by atoms with Gasteiger partial charge in [0.1, 0.15) is 0 Å². The third-order valence-corrected chi connectivity index (χ3v) is 3.76. The second-order valence-corrected chi connectivity index (χ2v) is 5.29. The molecule has 2 aromatic rings. The van der Waals surface area contributed by atoms with E-state index in [0.29, 0.717) is 10.7 Å². The van der Waals surface area contributed by atoms with Crippen LogP contribution in [0.2, 0.25) is 5.02 Å². The van der Waals surface area contributed by atoms with E-state index in [1.165, 1.54) is 4.68 Å². The van der Waals surface area contributed by atoms with Gasteiger partial charge in [0.2, 0.25) is 0 Å². The molecule has 0 saturated carbocycles. The largest absolute Gasteiger partial charge is 0.476 e. The van der Waals surface area contributed by atoms with Crippen LogP contribution in [0.1, 0.15) is 41.6 Å². The lowest BCUT2D eigenvalue weighted by Gasteiger charge is -2.17. The normalized spacial score (nSPS) is 13.9. The molecule has 112 valence electrons. The maximum Gasteiger partial charge on any atom is 0.358 e. The van der Waals surface area contributed by atoms with E-state index in [1.54, 1.807) is 26.0 Å². The lowest BCUT2D eigenvalue weighted by atomic mass is 10.1. The highest BCUT2D eigenvalue weighted by molar-refractivity contribution is 6.31. The molecule has 0 amide bonds. The molecule has 1 aromatic heterocycles. The van der Waals surface area contributed by atoms with Crippen molar-refractivity contribution in [3.8, 4) is 0 Å². The SMILES string of the molecule is CC(O)C(C)n1nnc(C(=O)O)c1Cc1ccccc1Cl. The molecule has 2 rings (SSSR count). The molecule has 2 unspecified atom stereocenters. The van der Waals surface area contributed by atoms with Gasteiger partial charge in [-0.1, -0.05) is 35.0 Å². The second-order valence-electron chi connectivity index (χ2n) is 4.88. The van der Waals surface area contributed by atoms with Crippen LogP contribution in [-0.2, 0) is 6.42 Å². The Morgan fingerprint density at radius 2 is 2.05 bits per heavy atom. The van der Waals surface area contributed by atoms with Gasteiger partial charge in [-0.2, -0.15) is 0 Å². The molecule has 21 heavy (non-hydrogen) atoms.